The average Bonchev–Trinajstić information content (AvgIpc) is 2.63. The summed E-state index contributed by atoms with van der Waals surface area (Å²) in [4.78, 5) is 10.4. The first-order valence-corrected chi connectivity index (χ1v) is 11.6. The molecule has 0 saturated heterocycles. The summed E-state index contributed by atoms with van der Waals surface area (Å²) in [5.74, 6) is -0.659. The topological polar surface area (TPSA) is 57.5 Å². The minimum atomic E-state index is -0.659. The van der Waals surface area contributed by atoms with Gasteiger partial charge in [-0.3, -0.25) is 4.79 Å². The number of aliphatic carboxylic acids is 1. The highest BCUT2D eigenvalue weighted by Gasteiger charge is 2.00. The maximum atomic E-state index is 10.4. The van der Waals surface area contributed by atoms with Gasteiger partial charge in [-0.05, 0) is 19.3 Å². The molecule has 3 heteroatoms. The van der Waals surface area contributed by atoms with Crippen LogP contribution in [-0.2, 0) is 4.79 Å². The fourth-order valence-corrected chi connectivity index (χ4v) is 3.51. The van der Waals surface area contributed by atoms with E-state index >= 15 is 0 Å². The van der Waals surface area contributed by atoms with Crippen molar-refractivity contribution >= 4 is 5.97 Å². The van der Waals surface area contributed by atoms with Crippen molar-refractivity contribution in [2.24, 2.45) is 0 Å². The van der Waals surface area contributed by atoms with Crippen LogP contribution in [0.1, 0.15) is 135 Å². The molecule has 0 radical (unpaired) electrons. The van der Waals surface area contributed by atoms with Crippen molar-refractivity contribution in [3.05, 3.63) is 0 Å². The van der Waals surface area contributed by atoms with E-state index in [1.165, 1.54) is 96.3 Å². The van der Waals surface area contributed by atoms with Gasteiger partial charge in [0, 0.05) is 6.42 Å². The van der Waals surface area contributed by atoms with Crippen LogP contribution in [0.15, 0.2) is 0 Å². The van der Waals surface area contributed by atoms with Crippen LogP contribution in [-0.4, -0.2) is 22.3 Å². The van der Waals surface area contributed by atoms with E-state index in [1.807, 2.05) is 0 Å². The SMILES string of the molecule is CCC(O)CCCCCCCCCCCCCCCCCCCC(=O)O. The van der Waals surface area contributed by atoms with E-state index < -0.39 is 5.97 Å². The predicted molar refractivity (Wildman–Crippen MR) is 112 cm³/mol. The Balaban J connectivity index is 3.02. The summed E-state index contributed by atoms with van der Waals surface area (Å²) in [7, 11) is 0. The molecule has 0 spiro atoms. The van der Waals surface area contributed by atoms with Crippen LogP contribution >= 0.6 is 0 Å². The van der Waals surface area contributed by atoms with E-state index in [9.17, 15) is 9.90 Å². The summed E-state index contributed by atoms with van der Waals surface area (Å²) in [5.41, 5.74) is 0. The Hall–Kier alpha value is -0.570. The van der Waals surface area contributed by atoms with Crippen LogP contribution in [0, 0.1) is 0 Å². The summed E-state index contributed by atoms with van der Waals surface area (Å²) < 4.78 is 0. The van der Waals surface area contributed by atoms with Gasteiger partial charge in [0.2, 0.25) is 0 Å². The number of aliphatic hydroxyl groups excluding tert-OH is 1. The molecular formula is C23H46O3. The van der Waals surface area contributed by atoms with Gasteiger partial charge in [-0.25, -0.2) is 0 Å². The van der Waals surface area contributed by atoms with Gasteiger partial charge in [0.15, 0.2) is 0 Å². The van der Waals surface area contributed by atoms with Crippen molar-refractivity contribution in [3.63, 3.8) is 0 Å². The number of carboxylic acids is 1. The van der Waals surface area contributed by atoms with Crippen molar-refractivity contribution in [3.8, 4) is 0 Å². The van der Waals surface area contributed by atoms with Crippen molar-refractivity contribution in [2.75, 3.05) is 0 Å². The molecule has 0 aromatic heterocycles. The fraction of sp³-hybridized carbons (Fsp3) is 0.957. The molecule has 0 aliphatic heterocycles. The number of carboxylic acid groups (broad SMARTS) is 1. The first-order valence-electron chi connectivity index (χ1n) is 11.6. The monoisotopic (exact) mass is 370 g/mol. The molecule has 1 unspecified atom stereocenters. The van der Waals surface area contributed by atoms with Gasteiger partial charge in [-0.2, -0.15) is 0 Å². The van der Waals surface area contributed by atoms with E-state index in [1.54, 1.807) is 0 Å². The zero-order valence-corrected chi connectivity index (χ0v) is 17.5. The number of rotatable bonds is 21. The summed E-state index contributed by atoms with van der Waals surface area (Å²) in [6, 6.07) is 0. The first-order chi connectivity index (χ1) is 12.7. The van der Waals surface area contributed by atoms with E-state index in [2.05, 4.69) is 6.92 Å². The second kappa shape index (κ2) is 20.7. The largest absolute Gasteiger partial charge is 0.481 e. The van der Waals surface area contributed by atoms with Crippen LogP contribution in [0.5, 0.6) is 0 Å². The normalized spacial score (nSPS) is 12.4. The van der Waals surface area contributed by atoms with Crippen LogP contribution < -0.4 is 0 Å². The standard InChI is InChI=1S/C23H46O3/c1-2-22(24)20-18-16-14-12-10-8-6-4-3-5-7-9-11-13-15-17-19-21-23(25)26/h22,24H,2-21H2,1H3,(H,25,26). The lowest BCUT2D eigenvalue weighted by Crippen LogP contribution is -2.03. The van der Waals surface area contributed by atoms with Gasteiger partial charge < -0.3 is 10.2 Å². The Morgan fingerprint density at radius 2 is 0.923 bits per heavy atom. The highest BCUT2D eigenvalue weighted by molar-refractivity contribution is 5.66. The molecule has 0 amide bonds. The molecule has 0 bridgehead atoms. The van der Waals surface area contributed by atoms with E-state index in [0.717, 1.165) is 25.7 Å². The highest BCUT2D eigenvalue weighted by Crippen LogP contribution is 2.15. The van der Waals surface area contributed by atoms with Crippen molar-refractivity contribution in [2.45, 2.75) is 141 Å². The van der Waals surface area contributed by atoms with Gasteiger partial charge in [0.1, 0.15) is 0 Å². The Kier molecular flexibility index (Phi) is 20.3. The molecular weight excluding hydrogens is 324 g/mol. The zero-order chi connectivity index (χ0) is 19.3. The third-order valence-corrected chi connectivity index (χ3v) is 5.40. The third-order valence-electron chi connectivity index (χ3n) is 5.40. The number of unbranched alkanes of at least 4 members (excludes halogenated alkanes) is 16. The van der Waals surface area contributed by atoms with Gasteiger partial charge in [0.25, 0.3) is 0 Å². The van der Waals surface area contributed by atoms with E-state index in [4.69, 9.17) is 5.11 Å². The van der Waals surface area contributed by atoms with Crippen molar-refractivity contribution in [1.82, 2.24) is 0 Å². The Morgan fingerprint density at radius 3 is 1.23 bits per heavy atom. The fourth-order valence-electron chi connectivity index (χ4n) is 3.51. The molecule has 0 aliphatic rings. The van der Waals surface area contributed by atoms with Crippen LogP contribution in [0.25, 0.3) is 0 Å². The molecule has 26 heavy (non-hydrogen) atoms. The van der Waals surface area contributed by atoms with Crippen molar-refractivity contribution < 1.29 is 15.0 Å². The van der Waals surface area contributed by atoms with E-state index in [0.29, 0.717) is 6.42 Å². The number of hydrogen-bond acceptors (Lipinski definition) is 2. The molecule has 0 heterocycles. The van der Waals surface area contributed by atoms with Gasteiger partial charge >= 0.3 is 5.97 Å². The molecule has 0 saturated carbocycles. The zero-order valence-electron chi connectivity index (χ0n) is 17.5. The smallest absolute Gasteiger partial charge is 0.303 e. The quantitative estimate of drug-likeness (QED) is 0.209. The lowest BCUT2D eigenvalue weighted by atomic mass is 10.0. The lowest BCUT2D eigenvalue weighted by Gasteiger charge is -2.06. The first kappa shape index (κ1) is 25.4. The molecule has 0 fully saturated rings. The predicted octanol–water partition coefficient (Wildman–Crippen LogP) is 7.25. The van der Waals surface area contributed by atoms with Crippen molar-refractivity contribution in [1.29, 1.82) is 0 Å². The third kappa shape index (κ3) is 21.5. The lowest BCUT2D eigenvalue weighted by molar-refractivity contribution is -0.137. The minimum absolute atomic E-state index is 0.0705. The van der Waals surface area contributed by atoms with Crippen LogP contribution in [0.3, 0.4) is 0 Å². The maximum Gasteiger partial charge on any atom is 0.303 e. The second-order valence-corrected chi connectivity index (χ2v) is 8.00. The number of hydrogen-bond donors (Lipinski definition) is 2. The summed E-state index contributed by atoms with van der Waals surface area (Å²) in [6.07, 6.45) is 24.2. The van der Waals surface area contributed by atoms with Crippen LogP contribution in [0.2, 0.25) is 0 Å². The second-order valence-electron chi connectivity index (χ2n) is 8.00. The Bertz CT molecular complexity index is 291. The Morgan fingerprint density at radius 1 is 0.615 bits per heavy atom. The molecule has 2 N–H and O–H groups in total. The molecule has 0 aromatic rings. The molecule has 3 nitrogen and oxygen atoms in total. The molecule has 1 atom stereocenters. The van der Waals surface area contributed by atoms with Crippen LogP contribution in [0.4, 0.5) is 0 Å². The Labute approximate surface area is 163 Å². The summed E-state index contributed by atoms with van der Waals surface area (Å²) in [6.45, 7) is 2.05. The molecule has 0 aromatic carbocycles. The van der Waals surface area contributed by atoms with E-state index in [-0.39, 0.29) is 6.10 Å². The molecule has 0 rings (SSSR count). The number of aliphatic hydroxyl groups is 1. The number of carbonyl (C=O) groups is 1. The molecule has 156 valence electrons. The summed E-state index contributed by atoms with van der Waals surface area (Å²) in [5, 5.41) is 18.1. The molecule has 0 aliphatic carbocycles. The summed E-state index contributed by atoms with van der Waals surface area (Å²) >= 11 is 0. The maximum absolute atomic E-state index is 10.4. The van der Waals surface area contributed by atoms with Gasteiger partial charge in [-0.1, -0.05) is 110 Å². The van der Waals surface area contributed by atoms with Gasteiger partial charge in [0.05, 0.1) is 6.10 Å². The highest BCUT2D eigenvalue weighted by atomic mass is 16.4. The minimum Gasteiger partial charge on any atom is -0.481 e. The van der Waals surface area contributed by atoms with Gasteiger partial charge in [-0.15, -0.1) is 0 Å². The average molecular weight is 371 g/mol.